The minimum atomic E-state index is -1.17. The van der Waals surface area contributed by atoms with Crippen LogP contribution < -0.4 is 16.2 Å². The summed E-state index contributed by atoms with van der Waals surface area (Å²) < 4.78 is 39.2. The van der Waals surface area contributed by atoms with Crippen LogP contribution >= 0.6 is 0 Å². The maximum atomic E-state index is 14.7. The van der Waals surface area contributed by atoms with Gasteiger partial charge in [0.2, 0.25) is 0 Å². The molecule has 4 N–H and O–H groups in total. The molecule has 0 radical (unpaired) electrons. The zero-order chi connectivity index (χ0) is 32.0. The van der Waals surface area contributed by atoms with E-state index in [0.29, 0.717) is 58.9 Å². The van der Waals surface area contributed by atoms with E-state index in [0.717, 1.165) is 54.4 Å². The van der Waals surface area contributed by atoms with Crippen molar-refractivity contribution in [3.05, 3.63) is 65.2 Å². The van der Waals surface area contributed by atoms with Gasteiger partial charge in [0.1, 0.15) is 34.1 Å². The molecule has 3 atom stereocenters. The van der Waals surface area contributed by atoms with E-state index in [1.165, 1.54) is 0 Å². The van der Waals surface area contributed by atoms with Gasteiger partial charge in [0.25, 0.3) is 11.8 Å². The molecule has 2 aromatic carbocycles. The lowest BCUT2D eigenvalue weighted by Gasteiger charge is -2.27. The van der Waals surface area contributed by atoms with Crippen molar-refractivity contribution in [1.29, 1.82) is 0 Å². The molecule has 0 spiro atoms. The molecule has 46 heavy (non-hydrogen) atoms. The summed E-state index contributed by atoms with van der Waals surface area (Å²) >= 11 is 0. The lowest BCUT2D eigenvalue weighted by molar-refractivity contribution is 0.0700. The molecule has 236 valence electrons. The van der Waals surface area contributed by atoms with Gasteiger partial charge in [-0.1, -0.05) is 0 Å². The fourth-order valence-corrected chi connectivity index (χ4v) is 7.44. The van der Waals surface area contributed by atoms with Gasteiger partial charge < -0.3 is 30.2 Å². The van der Waals surface area contributed by atoms with E-state index < -0.39 is 23.1 Å². The largest absolute Gasteiger partial charge is 0.494 e. The fraction of sp³-hybridized carbons (Fsp3) is 0.353. The van der Waals surface area contributed by atoms with E-state index in [4.69, 9.17) is 26.2 Å². The summed E-state index contributed by atoms with van der Waals surface area (Å²) in [5.74, 6) is -1.28. The highest BCUT2D eigenvalue weighted by atomic mass is 19.1. The van der Waals surface area contributed by atoms with Gasteiger partial charge in [0, 0.05) is 48.7 Å². The van der Waals surface area contributed by atoms with Crippen molar-refractivity contribution in [3.8, 4) is 28.5 Å². The highest BCUT2D eigenvalue weighted by Gasteiger charge is 2.47. The molecule has 8 rings (SSSR count). The molecule has 2 unspecified atom stereocenters. The van der Waals surface area contributed by atoms with Crippen molar-refractivity contribution in [2.75, 3.05) is 13.7 Å². The molecule has 10 nitrogen and oxygen atoms in total. The number of piperidine rings is 1. The molecule has 12 heteroatoms. The molecule has 4 heterocycles. The lowest BCUT2D eigenvalue weighted by atomic mass is 10.1. The Morgan fingerprint density at radius 3 is 2.41 bits per heavy atom. The molecular weight excluding hydrogens is 592 g/mol. The number of aryl methyl sites for hydroxylation is 1. The van der Waals surface area contributed by atoms with Crippen LogP contribution in [0.4, 0.5) is 8.78 Å². The Morgan fingerprint density at radius 1 is 1.02 bits per heavy atom. The number of imidazole rings is 1. The number of likely N-dealkylation sites (tertiary alicyclic amines) is 1. The molecule has 2 bridgehead atoms. The molecule has 5 aromatic rings. The Bertz CT molecular complexity index is 2080. The van der Waals surface area contributed by atoms with Crippen LogP contribution in [0.5, 0.6) is 5.75 Å². The predicted octanol–water partition coefficient (Wildman–Crippen LogP) is 4.61. The van der Waals surface area contributed by atoms with E-state index in [2.05, 4.69) is 4.57 Å². The highest BCUT2D eigenvalue weighted by molar-refractivity contribution is 6.00. The molecule has 1 aliphatic heterocycles. The van der Waals surface area contributed by atoms with Crippen molar-refractivity contribution >= 4 is 33.9 Å². The molecule has 1 saturated heterocycles. The fourth-order valence-electron chi connectivity index (χ4n) is 7.44. The molecule has 2 aliphatic carbocycles. The van der Waals surface area contributed by atoms with Crippen LogP contribution in [0.2, 0.25) is 0 Å². The molecule has 3 fully saturated rings. The third kappa shape index (κ3) is 4.38. The Hall–Kier alpha value is -4.84. The van der Waals surface area contributed by atoms with Gasteiger partial charge in [-0.05, 0) is 80.0 Å². The second kappa shape index (κ2) is 10.3. The SMILES string of the molecule is COc1cc(C(=O)N2CC3CCC2[C@@H]3N)cc2nc(-c3cc4ccc(-c5cc(F)c(C(N)=O)c(F)c5)nc4n3CC3CC3)n(C)c12. The summed E-state index contributed by atoms with van der Waals surface area (Å²) in [6, 6.07) is 11.4. The van der Waals surface area contributed by atoms with Gasteiger partial charge in [0.15, 0.2) is 5.82 Å². The van der Waals surface area contributed by atoms with Gasteiger partial charge in [0.05, 0.1) is 24.0 Å². The van der Waals surface area contributed by atoms with Gasteiger partial charge in [-0.15, -0.1) is 0 Å². The summed E-state index contributed by atoms with van der Waals surface area (Å²) in [7, 11) is 3.50. The maximum absolute atomic E-state index is 14.7. The summed E-state index contributed by atoms with van der Waals surface area (Å²) in [4.78, 5) is 37.0. The third-order valence-corrected chi connectivity index (χ3v) is 10.0. The topological polar surface area (TPSA) is 134 Å². The molecule has 2 amide bonds. The van der Waals surface area contributed by atoms with Crippen molar-refractivity contribution in [3.63, 3.8) is 0 Å². The Labute approximate surface area is 262 Å². The number of rotatable bonds is 7. The number of primary amides is 1. The first-order chi connectivity index (χ1) is 22.1. The normalized spacial score (nSPS) is 20.7. The van der Waals surface area contributed by atoms with Gasteiger partial charge in [-0.2, -0.15) is 0 Å². The number of carbonyl (C=O) groups excluding carboxylic acids is 2. The highest BCUT2D eigenvalue weighted by Crippen LogP contribution is 2.40. The first-order valence-corrected chi connectivity index (χ1v) is 15.5. The number of amides is 2. The molecule has 3 aliphatic rings. The summed E-state index contributed by atoms with van der Waals surface area (Å²) in [5.41, 5.74) is 14.7. The monoisotopic (exact) mass is 625 g/mol. The minimum absolute atomic E-state index is 0.0195. The van der Waals surface area contributed by atoms with E-state index in [-0.39, 0.29) is 23.6 Å². The number of halogens is 2. The van der Waals surface area contributed by atoms with Crippen molar-refractivity contribution < 1.29 is 23.1 Å². The van der Waals surface area contributed by atoms with Crippen molar-refractivity contribution in [2.45, 2.75) is 44.3 Å². The number of nitrogens with zero attached hydrogens (tertiary/aromatic N) is 5. The maximum Gasteiger partial charge on any atom is 0.254 e. The number of methoxy groups -OCH3 is 1. The quantitative estimate of drug-likeness (QED) is 0.271. The second-order valence-electron chi connectivity index (χ2n) is 12.9. The smallest absolute Gasteiger partial charge is 0.254 e. The number of nitrogens with two attached hydrogens (primary N) is 2. The Balaban J connectivity index is 1.23. The summed E-state index contributed by atoms with van der Waals surface area (Å²) in [6.45, 7) is 1.36. The van der Waals surface area contributed by atoms with Crippen molar-refractivity contribution in [2.24, 2.45) is 30.4 Å². The van der Waals surface area contributed by atoms with Crippen LogP contribution in [0.15, 0.2) is 42.5 Å². The van der Waals surface area contributed by atoms with Gasteiger partial charge in [-0.25, -0.2) is 18.7 Å². The number of hydrogen-bond acceptors (Lipinski definition) is 6. The van der Waals surface area contributed by atoms with Crippen LogP contribution in [0, 0.1) is 23.5 Å². The van der Waals surface area contributed by atoms with Gasteiger partial charge >= 0.3 is 0 Å². The average Bonchev–Trinajstić information content (AvgIpc) is 3.43. The number of pyridine rings is 1. The zero-order valence-electron chi connectivity index (χ0n) is 25.5. The number of fused-ring (bicyclic) bond motifs is 4. The molecule has 2 saturated carbocycles. The Morgan fingerprint density at radius 2 is 1.78 bits per heavy atom. The number of benzene rings is 2. The van der Waals surface area contributed by atoms with Gasteiger partial charge in [-0.3, -0.25) is 9.59 Å². The van der Waals surface area contributed by atoms with E-state index in [1.54, 1.807) is 19.2 Å². The molecule has 3 aromatic heterocycles. The predicted molar refractivity (Wildman–Crippen MR) is 168 cm³/mol. The summed E-state index contributed by atoms with van der Waals surface area (Å²) in [6.07, 6.45) is 4.16. The van der Waals surface area contributed by atoms with Crippen LogP contribution in [-0.2, 0) is 13.6 Å². The Kier molecular flexibility index (Phi) is 6.44. The van der Waals surface area contributed by atoms with Crippen molar-refractivity contribution in [1.82, 2.24) is 24.0 Å². The van der Waals surface area contributed by atoms with Crippen LogP contribution in [0.25, 0.3) is 44.8 Å². The van der Waals surface area contributed by atoms with Crippen LogP contribution in [0.1, 0.15) is 46.4 Å². The zero-order valence-corrected chi connectivity index (χ0v) is 25.5. The van der Waals surface area contributed by atoms with E-state index >= 15 is 0 Å². The second-order valence-corrected chi connectivity index (χ2v) is 12.9. The van der Waals surface area contributed by atoms with E-state index in [1.807, 2.05) is 34.7 Å². The number of ether oxygens (including phenoxy) is 1. The molecular formula is C34H33F2N7O3. The lowest BCUT2D eigenvalue weighted by Crippen LogP contribution is -2.41. The van der Waals surface area contributed by atoms with Crippen LogP contribution in [-0.4, -0.2) is 61.6 Å². The van der Waals surface area contributed by atoms with Crippen LogP contribution in [0.3, 0.4) is 0 Å². The standard InChI is InChI=1S/C34H33F2N7O3/c1-41-30-24(11-20(13-27(30)46-2)34(45)43-15-18-6-8-25(43)29(18)37)40-33(41)26-12-17-5-7-23(39-32(17)42(26)14-16-3-4-16)19-9-21(35)28(31(38)44)22(36)10-19/h5,7,9-13,16,18,25,29H,3-4,6,8,14-15,37H2,1-2H3,(H2,38,44)/t18?,25?,29-/m1/s1. The number of carbonyl (C=O) groups is 2. The first kappa shape index (κ1) is 28.6. The number of hydrogen-bond donors (Lipinski definition) is 2. The summed E-state index contributed by atoms with van der Waals surface area (Å²) in [5, 5.41) is 0.837. The minimum Gasteiger partial charge on any atom is -0.494 e. The third-order valence-electron chi connectivity index (χ3n) is 10.0. The average molecular weight is 626 g/mol. The first-order valence-electron chi connectivity index (χ1n) is 15.5. The number of aromatic nitrogens is 4. The van der Waals surface area contributed by atoms with E-state index in [9.17, 15) is 18.4 Å².